The molecule has 2 bridgehead atoms. The molecule has 9 heteroatoms. The minimum Gasteiger partial charge on any atom is -0.513 e. The van der Waals surface area contributed by atoms with Crippen LogP contribution in [0.2, 0.25) is 0 Å². The first-order valence-corrected chi connectivity index (χ1v) is 13.5. The molecule has 0 radical (unpaired) electrons. The van der Waals surface area contributed by atoms with Gasteiger partial charge in [0.15, 0.2) is 0 Å². The van der Waals surface area contributed by atoms with Crippen molar-refractivity contribution in [1.29, 1.82) is 0 Å². The number of aliphatic hydroxyl groups is 1. The van der Waals surface area contributed by atoms with Gasteiger partial charge in [0.1, 0.15) is 22.6 Å². The third kappa shape index (κ3) is 5.79. The highest BCUT2D eigenvalue weighted by Gasteiger charge is 2.17. The SMILES string of the molecule is C=C(O)Cc1ccc2c3nc4c(nc13)=CCCC=4CCOc1cc(CCOC(=O)C(=C)C)c(CCN)cc1N=N2. The molecule has 0 fully saturated rings. The number of carbonyl (C=O) groups excluding carboxylic acids is 1. The summed E-state index contributed by atoms with van der Waals surface area (Å²) in [6.07, 6.45) is 5.96. The van der Waals surface area contributed by atoms with Crippen molar-refractivity contribution in [3.05, 3.63) is 76.1 Å². The Hall–Kier alpha value is -4.37. The Morgan fingerprint density at radius 3 is 2.62 bits per heavy atom. The predicted octanol–water partition coefficient (Wildman–Crippen LogP) is 4.33. The highest BCUT2D eigenvalue weighted by Crippen LogP contribution is 2.35. The van der Waals surface area contributed by atoms with Crippen LogP contribution < -0.4 is 21.2 Å². The Balaban J connectivity index is 1.60. The van der Waals surface area contributed by atoms with Gasteiger partial charge in [-0.25, -0.2) is 14.8 Å². The molecular formula is C31H33N5O4. The molecule has 0 saturated carbocycles. The summed E-state index contributed by atoms with van der Waals surface area (Å²) in [6, 6.07) is 7.62. The van der Waals surface area contributed by atoms with Crippen molar-refractivity contribution >= 4 is 40.0 Å². The first kappa shape index (κ1) is 27.2. The first-order valence-electron chi connectivity index (χ1n) is 13.5. The van der Waals surface area contributed by atoms with E-state index < -0.39 is 5.97 Å². The normalized spacial score (nSPS) is 14.0. The number of carbonyl (C=O) groups is 1. The van der Waals surface area contributed by atoms with E-state index in [1.54, 1.807) is 6.92 Å². The molecule has 2 heterocycles. The number of nitrogens with zero attached hydrogens (tertiary/aromatic N) is 4. The lowest BCUT2D eigenvalue weighted by molar-refractivity contribution is -0.138. The quantitative estimate of drug-likeness (QED) is 0.247. The van der Waals surface area contributed by atoms with Crippen LogP contribution in [0, 0.1) is 0 Å². The second kappa shape index (κ2) is 11.8. The number of aromatic nitrogens is 2. The largest absolute Gasteiger partial charge is 0.513 e. The zero-order valence-electron chi connectivity index (χ0n) is 22.7. The standard InChI is InChI=1S/C31H33N5O4/c1-18(2)31(38)40-14-11-22-17-27-26(16-21(22)9-12-32)36-35-25-8-7-23(15-19(3)37)29-30(25)34-28-20(10-13-39-27)5-4-6-24(28)33-29/h6-8,16-17,37H,1,3-5,9-15,32H2,2H3. The van der Waals surface area contributed by atoms with E-state index in [0.717, 1.165) is 40.2 Å². The van der Waals surface area contributed by atoms with E-state index >= 15 is 0 Å². The van der Waals surface area contributed by atoms with E-state index in [2.05, 4.69) is 29.5 Å². The molecule has 40 heavy (non-hydrogen) atoms. The number of hydrogen-bond donors (Lipinski definition) is 2. The second-order valence-electron chi connectivity index (χ2n) is 10.1. The molecule has 1 aromatic heterocycles. The number of benzene rings is 2. The van der Waals surface area contributed by atoms with E-state index in [-0.39, 0.29) is 18.8 Å². The van der Waals surface area contributed by atoms with Crippen molar-refractivity contribution in [3.63, 3.8) is 0 Å². The number of hydrogen-bond acceptors (Lipinski definition) is 9. The summed E-state index contributed by atoms with van der Waals surface area (Å²) >= 11 is 0. The molecule has 1 aliphatic heterocycles. The summed E-state index contributed by atoms with van der Waals surface area (Å²) in [5.74, 6) is 0.253. The number of aliphatic hydroxyl groups excluding tert-OH is 1. The van der Waals surface area contributed by atoms with Crippen molar-refractivity contribution < 1.29 is 19.4 Å². The third-order valence-corrected chi connectivity index (χ3v) is 7.00. The first-order chi connectivity index (χ1) is 19.3. The van der Waals surface area contributed by atoms with Crippen molar-refractivity contribution in [2.24, 2.45) is 16.0 Å². The molecule has 3 N–H and O–H groups in total. The smallest absolute Gasteiger partial charge is 0.333 e. The van der Waals surface area contributed by atoms with Crippen LogP contribution in [-0.2, 0) is 28.8 Å². The van der Waals surface area contributed by atoms with Gasteiger partial charge in [0.25, 0.3) is 0 Å². The fraction of sp³-hybridized carbons (Fsp3) is 0.323. The van der Waals surface area contributed by atoms with Gasteiger partial charge in [-0.3, -0.25) is 0 Å². The highest BCUT2D eigenvalue weighted by molar-refractivity contribution is 5.89. The maximum absolute atomic E-state index is 11.9. The number of nitrogens with two attached hydrogens (primary N) is 1. The van der Waals surface area contributed by atoms with Crippen LogP contribution in [0.4, 0.5) is 11.4 Å². The number of allylic oxidation sites excluding steroid dienone is 1. The second-order valence-corrected chi connectivity index (χ2v) is 10.1. The zero-order valence-corrected chi connectivity index (χ0v) is 22.7. The van der Waals surface area contributed by atoms with Gasteiger partial charge in [0, 0.05) is 24.8 Å². The molecule has 0 amide bonds. The summed E-state index contributed by atoms with van der Waals surface area (Å²) in [4.78, 5) is 21.8. The molecular weight excluding hydrogens is 506 g/mol. The molecule has 1 aliphatic carbocycles. The van der Waals surface area contributed by atoms with Crippen molar-refractivity contribution in [1.82, 2.24) is 9.97 Å². The molecule has 0 atom stereocenters. The molecule has 0 unspecified atom stereocenters. The maximum Gasteiger partial charge on any atom is 0.333 e. The molecule has 9 nitrogen and oxygen atoms in total. The number of ether oxygens (including phenoxy) is 2. The van der Waals surface area contributed by atoms with Gasteiger partial charge in [-0.1, -0.05) is 25.3 Å². The maximum atomic E-state index is 11.9. The summed E-state index contributed by atoms with van der Waals surface area (Å²) in [5, 5.41) is 20.8. The van der Waals surface area contributed by atoms with Crippen LogP contribution >= 0.6 is 0 Å². The van der Waals surface area contributed by atoms with Gasteiger partial charge in [0.2, 0.25) is 0 Å². The van der Waals surface area contributed by atoms with Crippen molar-refractivity contribution in [2.45, 2.75) is 45.4 Å². The van der Waals surface area contributed by atoms with Crippen LogP contribution in [0.1, 0.15) is 42.9 Å². The lowest BCUT2D eigenvalue weighted by atomic mass is 10.00. The van der Waals surface area contributed by atoms with Gasteiger partial charge in [0.05, 0.1) is 35.2 Å². The Morgan fingerprint density at radius 1 is 1.05 bits per heavy atom. The number of rotatable bonds is 8. The summed E-state index contributed by atoms with van der Waals surface area (Å²) in [7, 11) is 0. The molecule has 206 valence electrons. The van der Waals surface area contributed by atoms with Gasteiger partial charge < -0.3 is 20.3 Å². The molecule has 0 saturated heterocycles. The number of azo groups is 1. The number of esters is 1. The summed E-state index contributed by atoms with van der Waals surface area (Å²) < 4.78 is 11.6. The molecule has 2 aliphatic rings. The Bertz CT molecular complexity index is 1680. The van der Waals surface area contributed by atoms with E-state index in [9.17, 15) is 9.90 Å². The minimum atomic E-state index is -0.412. The van der Waals surface area contributed by atoms with Gasteiger partial charge >= 0.3 is 5.97 Å². The van der Waals surface area contributed by atoms with Crippen LogP contribution in [0.3, 0.4) is 0 Å². The predicted molar refractivity (Wildman–Crippen MR) is 154 cm³/mol. The van der Waals surface area contributed by atoms with Crippen LogP contribution in [0.5, 0.6) is 5.75 Å². The third-order valence-electron chi connectivity index (χ3n) is 7.00. The topological polar surface area (TPSA) is 132 Å². The lowest BCUT2D eigenvalue weighted by Gasteiger charge is -2.17. The molecule has 0 spiro atoms. The molecule has 2 aromatic carbocycles. The van der Waals surface area contributed by atoms with Crippen LogP contribution in [-0.4, -0.2) is 40.8 Å². The van der Waals surface area contributed by atoms with Crippen molar-refractivity contribution in [3.8, 4) is 5.75 Å². The zero-order chi connectivity index (χ0) is 28.2. The van der Waals surface area contributed by atoms with E-state index in [0.29, 0.717) is 66.1 Å². The van der Waals surface area contributed by atoms with Gasteiger partial charge in [-0.2, -0.15) is 0 Å². The monoisotopic (exact) mass is 539 g/mol. The number of fused-ring (bicyclic) bond motifs is 1. The van der Waals surface area contributed by atoms with Crippen LogP contribution in [0.15, 0.2) is 59.0 Å². The van der Waals surface area contributed by atoms with E-state index in [1.165, 1.54) is 5.57 Å². The average Bonchev–Trinajstić information content (AvgIpc) is 2.92. The summed E-state index contributed by atoms with van der Waals surface area (Å²) in [5.41, 5.74) is 12.7. The average molecular weight is 540 g/mol. The van der Waals surface area contributed by atoms with Gasteiger partial charge in [-0.15, -0.1) is 10.2 Å². The minimum absolute atomic E-state index is 0.0598. The van der Waals surface area contributed by atoms with E-state index in [4.69, 9.17) is 25.2 Å². The Morgan fingerprint density at radius 2 is 1.85 bits per heavy atom. The van der Waals surface area contributed by atoms with Gasteiger partial charge in [-0.05, 0) is 73.2 Å². The highest BCUT2D eigenvalue weighted by atomic mass is 16.5. The Labute approximate surface area is 232 Å². The lowest BCUT2D eigenvalue weighted by Crippen LogP contribution is -2.36. The Kier molecular flexibility index (Phi) is 8.02. The van der Waals surface area contributed by atoms with Crippen LogP contribution in [0.25, 0.3) is 22.7 Å². The summed E-state index contributed by atoms with van der Waals surface area (Å²) in [6.45, 7) is 10.0. The fourth-order valence-electron chi connectivity index (χ4n) is 5.02. The molecule has 3 aromatic rings. The molecule has 5 rings (SSSR count). The fourth-order valence-corrected chi connectivity index (χ4v) is 5.02. The van der Waals surface area contributed by atoms with E-state index in [1.807, 2.05) is 24.3 Å². The van der Waals surface area contributed by atoms with Crippen molar-refractivity contribution in [2.75, 3.05) is 19.8 Å².